The monoisotopic (exact) mass is 325 g/mol. The first-order valence-corrected chi connectivity index (χ1v) is 7.40. The van der Waals surface area contributed by atoms with Crippen molar-refractivity contribution in [1.82, 2.24) is 10.1 Å². The zero-order valence-electron chi connectivity index (χ0n) is 12.0. The predicted molar refractivity (Wildman–Crippen MR) is 89.0 cm³/mol. The van der Waals surface area contributed by atoms with E-state index in [4.69, 9.17) is 26.6 Å². The fraction of sp³-hybridized carbons (Fsp3) is 0.0588. The first-order chi connectivity index (χ1) is 11.2. The van der Waals surface area contributed by atoms with E-state index >= 15 is 0 Å². The van der Waals surface area contributed by atoms with Crippen LogP contribution in [0.1, 0.15) is 11.4 Å². The second-order valence-corrected chi connectivity index (χ2v) is 5.63. The lowest BCUT2D eigenvalue weighted by Gasteiger charge is -2.16. The van der Waals surface area contributed by atoms with Crippen LogP contribution in [0.15, 0.2) is 47.0 Å². The maximum Gasteiger partial charge on any atom is 0.258 e. The summed E-state index contributed by atoms with van der Waals surface area (Å²) in [6.07, 6.45) is 1.96. The Morgan fingerprint density at radius 2 is 2.04 bits per heavy atom. The maximum absolute atomic E-state index is 6.02. The van der Waals surface area contributed by atoms with Gasteiger partial charge in [-0.25, -0.2) is 0 Å². The number of hydrogen-bond acceptors (Lipinski definition) is 5. The van der Waals surface area contributed by atoms with Gasteiger partial charge in [0, 0.05) is 27.4 Å². The first-order valence-electron chi connectivity index (χ1n) is 7.02. The van der Waals surface area contributed by atoms with Gasteiger partial charge in [-0.2, -0.15) is 4.98 Å². The minimum absolute atomic E-state index is 0.379. The molecule has 4 rings (SSSR count). The molecule has 114 valence electrons. The van der Waals surface area contributed by atoms with Crippen LogP contribution in [0.4, 0.5) is 5.69 Å². The van der Waals surface area contributed by atoms with Crippen molar-refractivity contribution in [2.75, 3.05) is 12.3 Å². The maximum atomic E-state index is 6.02. The fourth-order valence-electron chi connectivity index (χ4n) is 2.42. The van der Waals surface area contributed by atoms with Crippen LogP contribution in [0.25, 0.3) is 23.1 Å². The highest BCUT2D eigenvalue weighted by Crippen LogP contribution is 2.32. The molecule has 2 heterocycles. The van der Waals surface area contributed by atoms with Crippen molar-refractivity contribution in [1.29, 1.82) is 0 Å². The smallest absolute Gasteiger partial charge is 0.258 e. The molecule has 1 aliphatic heterocycles. The summed E-state index contributed by atoms with van der Waals surface area (Å²) in [6, 6.07) is 12.8. The number of anilines is 1. The molecule has 2 aromatic carbocycles. The summed E-state index contributed by atoms with van der Waals surface area (Å²) in [5, 5.41) is 4.68. The standard InChI is InChI=1S/C17H12ClN3O2/c18-13-4-5-15-11(7-13)6-12(9-22-15)16-20-17(23-21-16)10-2-1-3-14(19)8-10/h1-8H,9,19H2. The molecule has 0 spiro atoms. The number of nitrogens with two attached hydrogens (primary N) is 1. The third-order valence-corrected chi connectivity index (χ3v) is 3.77. The molecule has 0 bridgehead atoms. The quantitative estimate of drug-likeness (QED) is 0.723. The van der Waals surface area contributed by atoms with Crippen molar-refractivity contribution in [2.24, 2.45) is 0 Å². The van der Waals surface area contributed by atoms with E-state index in [0.717, 1.165) is 22.4 Å². The predicted octanol–water partition coefficient (Wildman–Crippen LogP) is 3.91. The normalized spacial score (nSPS) is 13.2. The van der Waals surface area contributed by atoms with E-state index < -0.39 is 0 Å². The van der Waals surface area contributed by atoms with Crippen LogP contribution in [-0.4, -0.2) is 16.7 Å². The Balaban J connectivity index is 1.70. The molecule has 0 saturated carbocycles. The summed E-state index contributed by atoms with van der Waals surface area (Å²) in [6.45, 7) is 0.379. The minimum atomic E-state index is 0.379. The average molecular weight is 326 g/mol. The highest BCUT2D eigenvalue weighted by molar-refractivity contribution is 6.30. The number of halogens is 1. The third kappa shape index (κ3) is 2.66. The number of fused-ring (bicyclic) bond motifs is 1. The van der Waals surface area contributed by atoms with Crippen molar-refractivity contribution in [3.8, 4) is 17.2 Å². The first kappa shape index (κ1) is 13.8. The Kier molecular flexibility index (Phi) is 3.28. The number of nitrogens with zero attached hydrogens (tertiary/aromatic N) is 2. The van der Waals surface area contributed by atoms with Gasteiger partial charge in [-0.1, -0.05) is 22.8 Å². The number of benzene rings is 2. The lowest BCUT2D eigenvalue weighted by molar-refractivity contribution is 0.363. The molecule has 0 saturated heterocycles. The van der Waals surface area contributed by atoms with Gasteiger partial charge in [0.2, 0.25) is 5.82 Å². The molecule has 2 N–H and O–H groups in total. The molecule has 3 aromatic rings. The van der Waals surface area contributed by atoms with Gasteiger partial charge in [0.05, 0.1) is 0 Å². The van der Waals surface area contributed by atoms with Crippen LogP contribution in [0.3, 0.4) is 0 Å². The second-order valence-electron chi connectivity index (χ2n) is 5.19. The summed E-state index contributed by atoms with van der Waals surface area (Å²) in [5.74, 6) is 1.70. The number of ether oxygens (including phenoxy) is 1. The Hall–Kier alpha value is -2.79. The SMILES string of the molecule is Nc1cccc(-c2nc(C3=Cc4cc(Cl)ccc4OC3)no2)c1. The topological polar surface area (TPSA) is 74.2 Å². The van der Waals surface area contributed by atoms with Gasteiger partial charge in [0.25, 0.3) is 5.89 Å². The number of aromatic nitrogens is 2. The van der Waals surface area contributed by atoms with Crippen molar-refractivity contribution in [3.63, 3.8) is 0 Å². The molecular formula is C17H12ClN3O2. The summed E-state index contributed by atoms with van der Waals surface area (Å²) in [5.41, 5.74) is 8.93. The molecule has 1 aliphatic rings. The van der Waals surface area contributed by atoms with Crippen LogP contribution in [-0.2, 0) is 0 Å². The summed E-state index contributed by atoms with van der Waals surface area (Å²) in [7, 11) is 0. The Morgan fingerprint density at radius 3 is 2.91 bits per heavy atom. The van der Waals surface area contributed by atoms with Crippen molar-refractivity contribution < 1.29 is 9.26 Å². The molecule has 0 amide bonds. The van der Waals surface area contributed by atoms with Gasteiger partial charge in [0.1, 0.15) is 12.4 Å². The van der Waals surface area contributed by atoms with E-state index in [1.807, 2.05) is 30.3 Å². The van der Waals surface area contributed by atoms with Gasteiger partial charge in [-0.05, 0) is 42.5 Å². The number of rotatable bonds is 2. The van der Waals surface area contributed by atoms with E-state index in [9.17, 15) is 0 Å². The minimum Gasteiger partial charge on any atom is -0.488 e. The average Bonchev–Trinajstić information content (AvgIpc) is 3.04. The third-order valence-electron chi connectivity index (χ3n) is 3.53. The Labute approximate surface area is 137 Å². The van der Waals surface area contributed by atoms with Crippen molar-refractivity contribution in [3.05, 3.63) is 58.9 Å². The highest BCUT2D eigenvalue weighted by atomic mass is 35.5. The molecule has 0 unspecified atom stereocenters. The Bertz CT molecular complexity index is 918. The number of hydrogen-bond donors (Lipinski definition) is 1. The van der Waals surface area contributed by atoms with Crippen LogP contribution >= 0.6 is 11.6 Å². The van der Waals surface area contributed by atoms with Crippen molar-refractivity contribution in [2.45, 2.75) is 0 Å². The molecule has 0 aliphatic carbocycles. The summed E-state index contributed by atoms with van der Waals surface area (Å²) >= 11 is 6.02. The largest absolute Gasteiger partial charge is 0.488 e. The van der Waals surface area contributed by atoms with E-state index in [1.165, 1.54) is 0 Å². The van der Waals surface area contributed by atoms with Crippen LogP contribution < -0.4 is 10.5 Å². The van der Waals surface area contributed by atoms with Crippen LogP contribution in [0.2, 0.25) is 5.02 Å². The molecule has 1 aromatic heterocycles. The summed E-state index contributed by atoms with van der Waals surface area (Å²) < 4.78 is 11.0. The van der Waals surface area contributed by atoms with Crippen LogP contribution in [0.5, 0.6) is 5.75 Å². The van der Waals surface area contributed by atoms with Gasteiger partial charge in [-0.15, -0.1) is 0 Å². The zero-order valence-corrected chi connectivity index (χ0v) is 12.7. The Morgan fingerprint density at radius 1 is 1.13 bits per heavy atom. The molecule has 0 atom stereocenters. The zero-order chi connectivity index (χ0) is 15.8. The van der Waals surface area contributed by atoms with Gasteiger partial charge in [0.15, 0.2) is 0 Å². The van der Waals surface area contributed by atoms with Gasteiger partial charge < -0.3 is 15.0 Å². The van der Waals surface area contributed by atoms with E-state index in [-0.39, 0.29) is 0 Å². The summed E-state index contributed by atoms with van der Waals surface area (Å²) in [4.78, 5) is 4.43. The lowest BCUT2D eigenvalue weighted by atomic mass is 10.1. The van der Waals surface area contributed by atoms with E-state index in [1.54, 1.807) is 18.2 Å². The molecular weight excluding hydrogens is 314 g/mol. The van der Waals surface area contributed by atoms with Gasteiger partial charge in [-0.3, -0.25) is 0 Å². The number of nitrogen functional groups attached to an aromatic ring is 1. The van der Waals surface area contributed by atoms with E-state index in [2.05, 4.69) is 10.1 Å². The van der Waals surface area contributed by atoms with Crippen molar-refractivity contribution >= 4 is 28.9 Å². The molecule has 0 radical (unpaired) electrons. The van der Waals surface area contributed by atoms with E-state index in [0.29, 0.717) is 29.0 Å². The molecule has 6 heteroatoms. The highest BCUT2D eigenvalue weighted by Gasteiger charge is 2.18. The lowest BCUT2D eigenvalue weighted by Crippen LogP contribution is -2.07. The van der Waals surface area contributed by atoms with Gasteiger partial charge >= 0.3 is 0 Å². The molecule has 5 nitrogen and oxygen atoms in total. The molecule has 0 fully saturated rings. The second kappa shape index (κ2) is 5.44. The fourth-order valence-corrected chi connectivity index (χ4v) is 2.60. The molecule has 23 heavy (non-hydrogen) atoms. The van der Waals surface area contributed by atoms with Crippen LogP contribution in [0, 0.1) is 0 Å².